The van der Waals surface area contributed by atoms with E-state index in [4.69, 9.17) is 26.1 Å². The lowest BCUT2D eigenvalue weighted by atomic mass is 9.78. The van der Waals surface area contributed by atoms with Crippen LogP contribution in [0.4, 0.5) is 37.1 Å². The number of benzene rings is 1. The second-order valence-electron chi connectivity index (χ2n) is 13.0. The van der Waals surface area contributed by atoms with Crippen molar-refractivity contribution in [2.75, 3.05) is 25.1 Å². The molecule has 2 aromatic rings. The molecule has 0 N–H and O–H groups in total. The minimum absolute atomic E-state index is 0.146. The minimum atomic E-state index is -4.98. The Bertz CT molecular complexity index is 1670. The predicted molar refractivity (Wildman–Crippen MR) is 168 cm³/mol. The number of alkyl halides is 6. The van der Waals surface area contributed by atoms with E-state index in [1.54, 1.807) is 12.3 Å². The first-order valence-electron chi connectivity index (χ1n) is 16.2. The number of hydrogen-bond donors (Lipinski definition) is 0. The number of nitrogens with zero attached hydrogens (tertiary/aromatic N) is 4. The summed E-state index contributed by atoms with van der Waals surface area (Å²) in [4.78, 5) is 37.9. The Morgan fingerprint density at radius 3 is 2.41 bits per heavy atom. The number of carbonyl (C=O) groups is 2. The van der Waals surface area contributed by atoms with Crippen molar-refractivity contribution in [3.63, 3.8) is 0 Å². The van der Waals surface area contributed by atoms with Crippen molar-refractivity contribution in [2.45, 2.75) is 82.4 Å². The molecule has 4 aliphatic rings. The van der Waals surface area contributed by atoms with Gasteiger partial charge in [-0.15, -0.1) is 0 Å². The van der Waals surface area contributed by atoms with E-state index < -0.39 is 48.5 Å². The number of allylic oxidation sites excluding steroid dienone is 2. The van der Waals surface area contributed by atoms with E-state index in [9.17, 15) is 35.9 Å². The fourth-order valence-corrected chi connectivity index (χ4v) is 7.21. The summed E-state index contributed by atoms with van der Waals surface area (Å²) in [6.07, 6.45) is -6.56. The standard InChI is InChI=1S/C34H35ClF6N4O4/c1-18-29(22-12-23(33(36,37)38)15-24(13-22)34(39,40)41)49-32(47)45(18)17-28-26(16-42-31(43-28)44-10-3-11-44)25-14-21(8-9-27(25)35)19-4-6-20(7-5-19)30(46)48-2/h8-9,12-14,16,18-20,23,29H,3-7,10-11,15,17H2,1-2H3/t18-,19-,20-,23?,29-/m0/s1. The lowest BCUT2D eigenvalue weighted by Gasteiger charge is -2.32. The molecule has 264 valence electrons. The summed E-state index contributed by atoms with van der Waals surface area (Å²) in [7, 11) is 1.38. The third-order valence-electron chi connectivity index (χ3n) is 10.0. The van der Waals surface area contributed by atoms with E-state index in [0.29, 0.717) is 46.7 Å². The number of amides is 1. The van der Waals surface area contributed by atoms with Crippen LogP contribution in [0.2, 0.25) is 5.02 Å². The lowest BCUT2D eigenvalue weighted by Crippen LogP contribution is -2.39. The van der Waals surface area contributed by atoms with Crippen LogP contribution in [-0.4, -0.2) is 71.6 Å². The molecule has 0 bridgehead atoms. The number of hydrogen-bond acceptors (Lipinski definition) is 7. The molecule has 6 rings (SSSR count). The molecule has 8 nitrogen and oxygen atoms in total. The first kappa shape index (κ1) is 35.0. The first-order chi connectivity index (χ1) is 23.1. The molecule has 1 unspecified atom stereocenters. The molecule has 2 aliphatic carbocycles. The maximum Gasteiger partial charge on any atom is 0.412 e. The molecule has 1 saturated carbocycles. The third kappa shape index (κ3) is 7.25. The number of anilines is 1. The van der Waals surface area contributed by atoms with E-state index >= 15 is 0 Å². The van der Waals surface area contributed by atoms with Crippen molar-refractivity contribution in [2.24, 2.45) is 11.8 Å². The van der Waals surface area contributed by atoms with Crippen LogP contribution >= 0.6 is 11.6 Å². The molecule has 0 radical (unpaired) electrons. The molecule has 2 aliphatic heterocycles. The summed E-state index contributed by atoms with van der Waals surface area (Å²) in [5.41, 5.74) is 0.844. The second kappa shape index (κ2) is 13.5. The molecule has 0 spiro atoms. The van der Waals surface area contributed by atoms with Gasteiger partial charge in [-0.1, -0.05) is 23.7 Å². The number of rotatable bonds is 7. The molecule has 3 fully saturated rings. The van der Waals surface area contributed by atoms with E-state index in [-0.39, 0.29) is 29.9 Å². The summed E-state index contributed by atoms with van der Waals surface area (Å²) >= 11 is 6.74. The van der Waals surface area contributed by atoms with Gasteiger partial charge in [0.15, 0.2) is 0 Å². The number of methoxy groups -OCH3 is 1. The fourth-order valence-electron chi connectivity index (χ4n) is 7.00. The van der Waals surface area contributed by atoms with Gasteiger partial charge in [0, 0.05) is 41.0 Å². The van der Waals surface area contributed by atoms with Gasteiger partial charge in [-0.25, -0.2) is 14.8 Å². The maximum absolute atomic E-state index is 13.7. The maximum atomic E-state index is 13.7. The summed E-state index contributed by atoms with van der Waals surface area (Å²) in [6.45, 7) is 2.82. The number of carbonyl (C=O) groups excluding carboxylic acids is 2. The Morgan fingerprint density at radius 2 is 1.80 bits per heavy atom. The van der Waals surface area contributed by atoms with Crippen molar-refractivity contribution >= 4 is 29.6 Å². The van der Waals surface area contributed by atoms with Gasteiger partial charge in [0.05, 0.1) is 37.2 Å². The monoisotopic (exact) mass is 712 g/mol. The molecule has 1 aromatic carbocycles. The Balaban J connectivity index is 1.31. The highest BCUT2D eigenvalue weighted by Gasteiger charge is 2.49. The number of cyclic esters (lactones) is 1. The number of esters is 1. The largest absolute Gasteiger partial charge is 0.469 e. The van der Waals surface area contributed by atoms with Gasteiger partial charge in [-0.3, -0.25) is 9.69 Å². The second-order valence-corrected chi connectivity index (χ2v) is 13.4. The SMILES string of the molecule is COC(=O)[C@H]1CC[C@H](c2ccc(Cl)c(-c3cnc(N4CCC4)nc3CN3C(=O)O[C@H](C4=CC(C(F)(F)F)CC(C(F)(F)F)=C4)[C@@H]3C)c2)CC1. The highest BCUT2D eigenvalue weighted by atomic mass is 35.5. The Kier molecular flexibility index (Phi) is 9.64. The molecule has 1 aromatic heterocycles. The van der Waals surface area contributed by atoms with Crippen LogP contribution in [0.15, 0.2) is 47.7 Å². The van der Waals surface area contributed by atoms with Crippen LogP contribution in [0.3, 0.4) is 0 Å². The zero-order chi connectivity index (χ0) is 35.2. The van der Waals surface area contributed by atoms with Crippen LogP contribution in [0.1, 0.15) is 62.6 Å². The topological polar surface area (TPSA) is 84.9 Å². The van der Waals surface area contributed by atoms with Gasteiger partial charge >= 0.3 is 24.4 Å². The molecular weight excluding hydrogens is 678 g/mol. The summed E-state index contributed by atoms with van der Waals surface area (Å²) in [5, 5.41) is 0.402. The average molecular weight is 713 g/mol. The van der Waals surface area contributed by atoms with Crippen LogP contribution in [-0.2, 0) is 20.8 Å². The average Bonchev–Trinajstić information content (AvgIpc) is 3.31. The first-order valence-corrected chi connectivity index (χ1v) is 16.5. The van der Waals surface area contributed by atoms with Crippen molar-refractivity contribution in [1.82, 2.24) is 14.9 Å². The lowest BCUT2D eigenvalue weighted by molar-refractivity contribution is -0.166. The molecule has 15 heteroatoms. The van der Waals surface area contributed by atoms with Crippen LogP contribution < -0.4 is 4.90 Å². The van der Waals surface area contributed by atoms with Crippen molar-refractivity contribution in [3.05, 3.63) is 64.0 Å². The van der Waals surface area contributed by atoms with Gasteiger partial charge in [0.2, 0.25) is 5.95 Å². The molecule has 3 atom stereocenters. The molecular formula is C34H35ClF6N4O4. The van der Waals surface area contributed by atoms with Gasteiger partial charge < -0.3 is 14.4 Å². The van der Waals surface area contributed by atoms with Crippen LogP contribution in [0.5, 0.6) is 0 Å². The molecule has 3 heterocycles. The fraction of sp³-hybridized carbons (Fsp3) is 0.529. The molecule has 2 saturated heterocycles. The third-order valence-corrected chi connectivity index (χ3v) is 10.3. The Hall–Kier alpha value is -3.81. The zero-order valence-electron chi connectivity index (χ0n) is 26.8. The summed E-state index contributed by atoms with van der Waals surface area (Å²) in [5.74, 6) is -2.15. The van der Waals surface area contributed by atoms with E-state index in [2.05, 4.69) is 4.98 Å². The number of halogens is 7. The predicted octanol–water partition coefficient (Wildman–Crippen LogP) is 8.16. The number of ether oxygens (including phenoxy) is 2. The minimum Gasteiger partial charge on any atom is -0.469 e. The van der Waals surface area contributed by atoms with Crippen LogP contribution in [0, 0.1) is 11.8 Å². The summed E-state index contributed by atoms with van der Waals surface area (Å²) in [6, 6.07) is 4.71. The van der Waals surface area contributed by atoms with E-state index in [1.807, 2.05) is 17.0 Å². The van der Waals surface area contributed by atoms with Crippen molar-refractivity contribution in [1.29, 1.82) is 0 Å². The van der Waals surface area contributed by atoms with Gasteiger partial charge in [-0.05, 0) is 80.7 Å². The highest BCUT2D eigenvalue weighted by Crippen LogP contribution is 2.44. The van der Waals surface area contributed by atoms with E-state index in [1.165, 1.54) is 18.9 Å². The van der Waals surface area contributed by atoms with Crippen molar-refractivity contribution in [3.8, 4) is 11.1 Å². The normalized spacial score (nSPS) is 26.1. The van der Waals surface area contributed by atoms with Gasteiger partial charge in [0.1, 0.15) is 6.10 Å². The Morgan fingerprint density at radius 1 is 1.08 bits per heavy atom. The Labute approximate surface area is 284 Å². The van der Waals surface area contributed by atoms with E-state index in [0.717, 1.165) is 44.0 Å². The van der Waals surface area contributed by atoms with Gasteiger partial charge in [0.25, 0.3) is 0 Å². The number of aromatic nitrogens is 2. The highest BCUT2D eigenvalue weighted by molar-refractivity contribution is 6.33. The summed E-state index contributed by atoms with van der Waals surface area (Å²) < 4.78 is 92.4. The molecule has 49 heavy (non-hydrogen) atoms. The quantitative estimate of drug-likeness (QED) is 0.212. The van der Waals surface area contributed by atoms with Crippen LogP contribution in [0.25, 0.3) is 11.1 Å². The zero-order valence-corrected chi connectivity index (χ0v) is 27.5. The van der Waals surface area contributed by atoms with Gasteiger partial charge in [-0.2, -0.15) is 26.3 Å². The smallest absolute Gasteiger partial charge is 0.412 e. The molecule has 1 amide bonds. The van der Waals surface area contributed by atoms with Crippen molar-refractivity contribution < 1.29 is 45.4 Å².